The molecule has 4 rings (SSSR count). The SMILES string of the molecule is COc1nc2ccc(C(F)(F)F)c(-c3cc(Cl)c4[nH]ncc4c3)n2n1. The Kier molecular flexibility index (Phi) is 3.36. The minimum absolute atomic E-state index is 0.0314. The molecule has 0 aliphatic carbocycles. The van der Waals surface area contributed by atoms with E-state index < -0.39 is 11.7 Å². The maximum Gasteiger partial charge on any atom is 0.418 e. The van der Waals surface area contributed by atoms with E-state index in [1.165, 1.54) is 25.4 Å². The van der Waals surface area contributed by atoms with Crippen LogP contribution >= 0.6 is 11.6 Å². The number of hydrogen-bond acceptors (Lipinski definition) is 4. The number of alkyl halides is 3. The van der Waals surface area contributed by atoms with E-state index in [-0.39, 0.29) is 27.9 Å². The Labute approximate surface area is 143 Å². The van der Waals surface area contributed by atoms with Gasteiger partial charge >= 0.3 is 12.2 Å². The van der Waals surface area contributed by atoms with Crippen molar-refractivity contribution in [2.24, 2.45) is 0 Å². The maximum absolute atomic E-state index is 13.6. The fraction of sp³-hybridized carbons (Fsp3) is 0.133. The molecule has 6 nitrogen and oxygen atoms in total. The Bertz CT molecular complexity index is 1100. The van der Waals surface area contributed by atoms with Crippen LogP contribution in [0.1, 0.15) is 5.56 Å². The molecule has 10 heteroatoms. The molecule has 25 heavy (non-hydrogen) atoms. The summed E-state index contributed by atoms with van der Waals surface area (Å²) in [6.07, 6.45) is -3.10. The second kappa shape index (κ2) is 5.35. The summed E-state index contributed by atoms with van der Waals surface area (Å²) in [4.78, 5) is 4.03. The highest BCUT2D eigenvalue weighted by molar-refractivity contribution is 6.35. The number of aromatic nitrogens is 5. The van der Waals surface area contributed by atoms with E-state index in [4.69, 9.17) is 16.3 Å². The summed E-state index contributed by atoms with van der Waals surface area (Å²) in [5.41, 5.74) is -0.0211. The second-order valence-electron chi connectivity index (χ2n) is 5.25. The average molecular weight is 368 g/mol. The Morgan fingerprint density at radius 3 is 2.76 bits per heavy atom. The molecule has 0 aliphatic heterocycles. The number of nitrogens with one attached hydrogen (secondary N) is 1. The second-order valence-corrected chi connectivity index (χ2v) is 5.66. The van der Waals surface area contributed by atoms with Gasteiger partial charge in [0.05, 0.1) is 35.1 Å². The smallest absolute Gasteiger partial charge is 0.418 e. The molecule has 0 saturated carbocycles. The van der Waals surface area contributed by atoms with Gasteiger partial charge in [-0.15, -0.1) is 5.10 Å². The molecule has 0 atom stereocenters. The van der Waals surface area contributed by atoms with Crippen molar-refractivity contribution in [3.63, 3.8) is 0 Å². The highest BCUT2D eigenvalue weighted by Gasteiger charge is 2.36. The number of pyridine rings is 1. The molecule has 1 aromatic carbocycles. The lowest BCUT2D eigenvalue weighted by Gasteiger charge is -2.14. The molecule has 128 valence electrons. The van der Waals surface area contributed by atoms with Gasteiger partial charge in [0.15, 0.2) is 5.65 Å². The van der Waals surface area contributed by atoms with Crippen molar-refractivity contribution in [3.05, 3.63) is 41.0 Å². The van der Waals surface area contributed by atoms with Crippen LogP contribution in [0, 0.1) is 0 Å². The molecule has 0 aliphatic rings. The van der Waals surface area contributed by atoms with Gasteiger partial charge in [-0.25, -0.2) is 4.52 Å². The van der Waals surface area contributed by atoms with Gasteiger partial charge < -0.3 is 4.74 Å². The number of methoxy groups -OCH3 is 1. The van der Waals surface area contributed by atoms with Gasteiger partial charge in [-0.2, -0.15) is 23.3 Å². The topological polar surface area (TPSA) is 68.1 Å². The maximum atomic E-state index is 13.6. The number of benzene rings is 1. The van der Waals surface area contributed by atoms with E-state index in [9.17, 15) is 13.2 Å². The van der Waals surface area contributed by atoms with Crippen LogP contribution in [0.15, 0.2) is 30.5 Å². The van der Waals surface area contributed by atoms with Gasteiger partial charge in [-0.3, -0.25) is 5.10 Å². The first-order chi connectivity index (χ1) is 11.9. The molecule has 3 heterocycles. The summed E-state index contributed by atoms with van der Waals surface area (Å²) < 4.78 is 46.7. The molecule has 0 unspecified atom stereocenters. The third-order valence-electron chi connectivity index (χ3n) is 3.74. The van der Waals surface area contributed by atoms with Gasteiger partial charge in [-0.1, -0.05) is 11.6 Å². The van der Waals surface area contributed by atoms with Crippen LogP contribution in [-0.4, -0.2) is 31.9 Å². The largest absolute Gasteiger partial charge is 0.466 e. The van der Waals surface area contributed by atoms with Crippen molar-refractivity contribution < 1.29 is 17.9 Å². The van der Waals surface area contributed by atoms with Crippen molar-refractivity contribution in [2.75, 3.05) is 7.11 Å². The molecule has 0 radical (unpaired) electrons. The van der Waals surface area contributed by atoms with Crippen molar-refractivity contribution in [1.82, 2.24) is 24.8 Å². The highest BCUT2D eigenvalue weighted by Crippen LogP contribution is 2.39. The van der Waals surface area contributed by atoms with Crippen LogP contribution in [0.25, 0.3) is 27.8 Å². The van der Waals surface area contributed by atoms with Crippen molar-refractivity contribution in [1.29, 1.82) is 0 Å². The lowest BCUT2D eigenvalue weighted by molar-refractivity contribution is -0.137. The van der Waals surface area contributed by atoms with E-state index in [1.807, 2.05) is 0 Å². The van der Waals surface area contributed by atoms with Crippen LogP contribution in [-0.2, 0) is 6.18 Å². The molecule has 4 aromatic rings. The van der Waals surface area contributed by atoms with Gasteiger partial charge in [0.1, 0.15) is 0 Å². The van der Waals surface area contributed by atoms with Crippen LogP contribution < -0.4 is 4.74 Å². The lowest BCUT2D eigenvalue weighted by Crippen LogP contribution is -2.11. The van der Waals surface area contributed by atoms with Gasteiger partial charge in [-0.05, 0) is 24.3 Å². The molecule has 0 fully saturated rings. The van der Waals surface area contributed by atoms with Crippen molar-refractivity contribution in [2.45, 2.75) is 6.18 Å². The van der Waals surface area contributed by atoms with E-state index in [0.29, 0.717) is 10.9 Å². The van der Waals surface area contributed by atoms with E-state index >= 15 is 0 Å². The van der Waals surface area contributed by atoms with Gasteiger partial charge in [0.25, 0.3) is 0 Å². The van der Waals surface area contributed by atoms with Crippen LogP contribution in [0.3, 0.4) is 0 Å². The zero-order valence-corrected chi connectivity index (χ0v) is 13.4. The first-order valence-corrected chi connectivity index (χ1v) is 7.40. The molecular formula is C15H9ClF3N5O. The van der Waals surface area contributed by atoms with E-state index in [0.717, 1.165) is 10.6 Å². The zero-order chi connectivity index (χ0) is 17.8. The number of hydrogen-bond donors (Lipinski definition) is 1. The lowest BCUT2D eigenvalue weighted by atomic mass is 10.0. The summed E-state index contributed by atoms with van der Waals surface area (Å²) in [6, 6.07) is 5.16. The standard InChI is InChI=1S/C15H9ClF3N5O/c1-25-14-21-11-3-2-9(15(17,18)19)13(24(11)23-14)7-4-8-6-20-22-12(8)10(16)5-7/h2-6H,1H3,(H,20,22). The Balaban J connectivity index is 2.10. The average Bonchev–Trinajstić information content (AvgIpc) is 3.18. The van der Waals surface area contributed by atoms with Crippen molar-refractivity contribution >= 4 is 28.2 Å². The fourth-order valence-electron chi connectivity index (χ4n) is 2.67. The predicted octanol–water partition coefficient (Wildman–Crippen LogP) is 3.95. The summed E-state index contributed by atoms with van der Waals surface area (Å²) in [7, 11) is 1.34. The van der Waals surface area contributed by atoms with Crippen LogP contribution in [0.4, 0.5) is 13.2 Å². The first-order valence-electron chi connectivity index (χ1n) is 7.02. The Morgan fingerprint density at radius 2 is 2.04 bits per heavy atom. The minimum atomic E-state index is -4.58. The molecule has 3 aromatic heterocycles. The van der Waals surface area contributed by atoms with Crippen LogP contribution in [0.5, 0.6) is 6.01 Å². The van der Waals surface area contributed by atoms with Crippen molar-refractivity contribution in [3.8, 4) is 17.3 Å². The number of ether oxygens (including phenoxy) is 1. The van der Waals surface area contributed by atoms with E-state index in [1.54, 1.807) is 6.07 Å². The van der Waals surface area contributed by atoms with Gasteiger partial charge in [0, 0.05) is 10.9 Å². The molecule has 0 spiro atoms. The number of rotatable bonds is 2. The molecule has 0 amide bonds. The fourth-order valence-corrected chi connectivity index (χ4v) is 2.94. The normalized spacial score (nSPS) is 12.2. The Hall–Kier alpha value is -2.81. The molecule has 0 saturated heterocycles. The van der Waals surface area contributed by atoms with Gasteiger partial charge in [0.2, 0.25) is 0 Å². The number of aromatic amines is 1. The predicted molar refractivity (Wildman–Crippen MR) is 84.6 cm³/mol. The minimum Gasteiger partial charge on any atom is -0.466 e. The number of halogens is 4. The van der Waals surface area contributed by atoms with E-state index in [2.05, 4.69) is 20.3 Å². The summed E-state index contributed by atoms with van der Waals surface area (Å²) in [5, 5.41) is 11.4. The Morgan fingerprint density at radius 1 is 1.24 bits per heavy atom. The summed E-state index contributed by atoms with van der Waals surface area (Å²) >= 11 is 6.18. The summed E-state index contributed by atoms with van der Waals surface area (Å²) in [6.45, 7) is 0. The molecular weight excluding hydrogens is 359 g/mol. The quantitative estimate of drug-likeness (QED) is 0.582. The number of nitrogens with zero attached hydrogens (tertiary/aromatic N) is 4. The third-order valence-corrected chi connectivity index (χ3v) is 4.04. The number of fused-ring (bicyclic) bond motifs is 2. The molecule has 0 bridgehead atoms. The molecule has 1 N–H and O–H groups in total. The number of H-pyrrole nitrogens is 1. The zero-order valence-electron chi connectivity index (χ0n) is 12.6. The monoisotopic (exact) mass is 367 g/mol. The summed E-state index contributed by atoms with van der Waals surface area (Å²) in [5.74, 6) is 0. The van der Waals surface area contributed by atoms with Crippen LogP contribution in [0.2, 0.25) is 5.02 Å². The first kappa shape index (κ1) is 15.7. The third kappa shape index (κ3) is 2.47. The highest BCUT2D eigenvalue weighted by atomic mass is 35.5.